The second-order valence-electron chi connectivity index (χ2n) is 6.62. The summed E-state index contributed by atoms with van der Waals surface area (Å²) in [5.74, 6) is 1.31. The number of hydrogen-bond donors (Lipinski definition) is 2. The van der Waals surface area contributed by atoms with Gasteiger partial charge in [0.1, 0.15) is 19.0 Å². The molecule has 3 N–H and O–H groups in total. The van der Waals surface area contributed by atoms with Gasteiger partial charge < -0.3 is 20.5 Å². The van der Waals surface area contributed by atoms with Crippen LogP contribution in [0.5, 0.6) is 11.5 Å². The van der Waals surface area contributed by atoms with Crippen molar-refractivity contribution in [3.8, 4) is 11.5 Å². The molecule has 6 heteroatoms. The molecule has 1 saturated heterocycles. The van der Waals surface area contributed by atoms with Crippen molar-refractivity contribution < 1.29 is 9.47 Å². The molecule has 3 rings (SSSR count). The van der Waals surface area contributed by atoms with Crippen molar-refractivity contribution in [2.75, 3.05) is 19.8 Å². The third-order valence-corrected chi connectivity index (χ3v) is 5.08. The number of rotatable bonds is 7. The average molecular weight is 395 g/mol. The summed E-state index contributed by atoms with van der Waals surface area (Å²) in [6, 6.07) is 12.4. The van der Waals surface area contributed by atoms with Crippen LogP contribution in [0.15, 0.2) is 36.4 Å². The van der Waals surface area contributed by atoms with Gasteiger partial charge in [0.05, 0.1) is 10.0 Å². The SMILES string of the molecule is Cc1cc(Cl)c(OCCOc2ccc(CC3NCCC3N)cc2)c(Cl)c1. The molecule has 26 heavy (non-hydrogen) atoms. The summed E-state index contributed by atoms with van der Waals surface area (Å²) in [6.07, 6.45) is 1.98. The van der Waals surface area contributed by atoms with Crippen LogP contribution in [-0.2, 0) is 6.42 Å². The third-order valence-electron chi connectivity index (χ3n) is 4.52. The number of nitrogens with two attached hydrogens (primary N) is 1. The molecule has 0 radical (unpaired) electrons. The maximum absolute atomic E-state index is 6.16. The Hall–Kier alpha value is -1.46. The number of nitrogens with one attached hydrogen (secondary N) is 1. The van der Waals surface area contributed by atoms with E-state index in [9.17, 15) is 0 Å². The molecule has 0 bridgehead atoms. The highest BCUT2D eigenvalue weighted by atomic mass is 35.5. The lowest BCUT2D eigenvalue weighted by atomic mass is 10.0. The topological polar surface area (TPSA) is 56.5 Å². The van der Waals surface area contributed by atoms with Crippen molar-refractivity contribution in [3.05, 3.63) is 57.6 Å². The van der Waals surface area contributed by atoms with E-state index in [1.54, 1.807) is 0 Å². The van der Waals surface area contributed by atoms with Gasteiger partial charge in [0.2, 0.25) is 0 Å². The summed E-state index contributed by atoms with van der Waals surface area (Å²) in [7, 11) is 0. The van der Waals surface area contributed by atoms with Crippen molar-refractivity contribution in [1.29, 1.82) is 0 Å². The van der Waals surface area contributed by atoms with Crippen LogP contribution in [-0.4, -0.2) is 31.8 Å². The number of hydrogen-bond acceptors (Lipinski definition) is 4. The zero-order valence-corrected chi connectivity index (χ0v) is 16.3. The summed E-state index contributed by atoms with van der Waals surface area (Å²) in [6.45, 7) is 3.72. The molecule has 1 fully saturated rings. The molecule has 140 valence electrons. The fraction of sp³-hybridized carbons (Fsp3) is 0.400. The fourth-order valence-electron chi connectivity index (χ4n) is 3.11. The molecular weight excluding hydrogens is 371 g/mol. The highest BCUT2D eigenvalue weighted by molar-refractivity contribution is 6.37. The van der Waals surface area contributed by atoms with Gasteiger partial charge in [-0.05, 0) is 61.7 Å². The van der Waals surface area contributed by atoms with E-state index < -0.39 is 0 Å². The van der Waals surface area contributed by atoms with Gasteiger partial charge >= 0.3 is 0 Å². The molecule has 0 saturated carbocycles. The first-order valence-corrected chi connectivity index (χ1v) is 9.57. The number of aryl methyl sites for hydroxylation is 1. The van der Waals surface area contributed by atoms with Crippen molar-refractivity contribution in [1.82, 2.24) is 5.32 Å². The van der Waals surface area contributed by atoms with Gasteiger partial charge in [-0.25, -0.2) is 0 Å². The van der Waals surface area contributed by atoms with Crippen LogP contribution in [0.2, 0.25) is 10.0 Å². The van der Waals surface area contributed by atoms with E-state index in [1.807, 2.05) is 31.2 Å². The Balaban J connectivity index is 1.45. The normalized spacial score (nSPS) is 19.5. The number of benzene rings is 2. The predicted octanol–water partition coefficient (Wildman–Crippen LogP) is 3.99. The quantitative estimate of drug-likeness (QED) is 0.696. The van der Waals surface area contributed by atoms with Gasteiger partial charge in [0, 0.05) is 12.1 Å². The minimum atomic E-state index is 0.239. The molecule has 0 aromatic heterocycles. The van der Waals surface area contributed by atoms with E-state index in [-0.39, 0.29) is 6.04 Å². The third kappa shape index (κ3) is 5.04. The molecule has 1 aliphatic heterocycles. The monoisotopic (exact) mass is 394 g/mol. The van der Waals surface area contributed by atoms with E-state index >= 15 is 0 Å². The summed E-state index contributed by atoms with van der Waals surface area (Å²) in [5, 5.41) is 4.47. The largest absolute Gasteiger partial charge is 0.490 e. The van der Waals surface area contributed by atoms with Crippen LogP contribution in [0.3, 0.4) is 0 Å². The van der Waals surface area contributed by atoms with E-state index in [2.05, 4.69) is 17.4 Å². The molecular formula is C20H24Cl2N2O2. The molecule has 2 aromatic rings. The van der Waals surface area contributed by atoms with Crippen molar-refractivity contribution in [2.45, 2.75) is 31.8 Å². The summed E-state index contributed by atoms with van der Waals surface area (Å²) < 4.78 is 11.4. The van der Waals surface area contributed by atoms with Crippen LogP contribution in [0.1, 0.15) is 17.5 Å². The predicted molar refractivity (Wildman–Crippen MR) is 107 cm³/mol. The molecule has 0 spiro atoms. The van der Waals surface area contributed by atoms with Crippen molar-refractivity contribution in [3.63, 3.8) is 0 Å². The zero-order valence-electron chi connectivity index (χ0n) is 14.8. The first kappa shape index (κ1) is 19.3. The Kier molecular flexibility index (Phi) is 6.65. The highest BCUT2D eigenvalue weighted by Crippen LogP contribution is 2.33. The lowest BCUT2D eigenvalue weighted by molar-refractivity contribution is 0.217. The maximum atomic E-state index is 6.16. The van der Waals surface area contributed by atoms with Crippen molar-refractivity contribution in [2.24, 2.45) is 5.73 Å². The Labute approximate surface area is 164 Å². The molecule has 2 unspecified atom stereocenters. The van der Waals surface area contributed by atoms with E-state index in [0.717, 1.165) is 30.7 Å². The van der Waals surface area contributed by atoms with Gasteiger partial charge in [0.25, 0.3) is 0 Å². The van der Waals surface area contributed by atoms with Gasteiger partial charge in [0.15, 0.2) is 5.75 Å². The Morgan fingerprint density at radius 2 is 1.73 bits per heavy atom. The molecule has 4 nitrogen and oxygen atoms in total. The smallest absolute Gasteiger partial charge is 0.156 e. The van der Waals surface area contributed by atoms with Gasteiger partial charge in [-0.2, -0.15) is 0 Å². The molecule has 2 atom stereocenters. The lowest BCUT2D eigenvalue weighted by Gasteiger charge is -2.16. The minimum absolute atomic E-state index is 0.239. The van der Waals surface area contributed by atoms with Crippen LogP contribution in [0.25, 0.3) is 0 Å². The van der Waals surface area contributed by atoms with Crippen LogP contribution in [0.4, 0.5) is 0 Å². The molecule has 0 aliphatic carbocycles. The number of ether oxygens (including phenoxy) is 2. The maximum Gasteiger partial charge on any atom is 0.156 e. The van der Waals surface area contributed by atoms with Gasteiger partial charge in [-0.3, -0.25) is 0 Å². The fourth-order valence-corrected chi connectivity index (χ4v) is 3.82. The molecule has 0 amide bonds. The van der Waals surface area contributed by atoms with Gasteiger partial charge in [-0.1, -0.05) is 35.3 Å². The standard InChI is InChI=1S/C20H24Cl2N2O2/c1-13-10-16(21)20(17(22)11-13)26-9-8-25-15-4-2-14(3-5-15)12-19-18(23)6-7-24-19/h2-5,10-11,18-19,24H,6-9,12,23H2,1H3. The zero-order chi connectivity index (χ0) is 18.5. The molecule has 1 aliphatic rings. The Morgan fingerprint density at radius 1 is 1.08 bits per heavy atom. The second-order valence-corrected chi connectivity index (χ2v) is 7.43. The average Bonchev–Trinajstić information content (AvgIpc) is 2.99. The van der Waals surface area contributed by atoms with Gasteiger partial charge in [-0.15, -0.1) is 0 Å². The summed E-state index contributed by atoms with van der Waals surface area (Å²) in [4.78, 5) is 0. The van der Waals surface area contributed by atoms with E-state index in [4.69, 9.17) is 38.4 Å². The minimum Gasteiger partial charge on any atom is -0.490 e. The summed E-state index contributed by atoms with van der Waals surface area (Å²) >= 11 is 12.3. The van der Waals surface area contributed by atoms with Crippen LogP contribution in [0, 0.1) is 6.92 Å². The van der Waals surface area contributed by atoms with E-state index in [0.29, 0.717) is 35.1 Å². The molecule has 1 heterocycles. The first-order chi connectivity index (χ1) is 12.5. The highest BCUT2D eigenvalue weighted by Gasteiger charge is 2.23. The Bertz CT molecular complexity index is 714. The Morgan fingerprint density at radius 3 is 2.35 bits per heavy atom. The second kappa shape index (κ2) is 8.96. The number of halogens is 2. The van der Waals surface area contributed by atoms with Crippen molar-refractivity contribution >= 4 is 23.2 Å². The lowest BCUT2D eigenvalue weighted by Crippen LogP contribution is -2.37. The van der Waals surface area contributed by atoms with Crippen LogP contribution < -0.4 is 20.5 Å². The first-order valence-electron chi connectivity index (χ1n) is 8.82. The molecule has 2 aromatic carbocycles. The van der Waals surface area contributed by atoms with Crippen LogP contribution >= 0.6 is 23.2 Å². The van der Waals surface area contributed by atoms with E-state index in [1.165, 1.54) is 5.56 Å². The summed E-state index contributed by atoms with van der Waals surface area (Å²) in [5.41, 5.74) is 8.34.